The number of phenolic OH excluding ortho intramolecular Hbond substituents is 1. The van der Waals surface area contributed by atoms with E-state index in [0.717, 1.165) is 64.2 Å². The fourth-order valence-corrected chi connectivity index (χ4v) is 3.37. The minimum absolute atomic E-state index is 0.221. The van der Waals surface area contributed by atoms with E-state index < -0.39 is 0 Å². The standard InChI is InChI=1S/C17H25N3O2/c21-16-3-1-2-14(12-16)13-19-8-10-20(11-9-19)17(22)15-4-6-18-7-5-15/h1-3,12,15,18,21H,4-11,13H2. The molecule has 0 spiro atoms. The molecule has 2 aliphatic rings. The molecule has 5 nitrogen and oxygen atoms in total. The maximum atomic E-state index is 12.5. The maximum absolute atomic E-state index is 12.5. The molecule has 2 fully saturated rings. The highest BCUT2D eigenvalue weighted by molar-refractivity contribution is 5.79. The maximum Gasteiger partial charge on any atom is 0.225 e. The Balaban J connectivity index is 1.48. The summed E-state index contributed by atoms with van der Waals surface area (Å²) in [5.74, 6) is 0.884. The third-order valence-corrected chi connectivity index (χ3v) is 4.69. The number of carbonyl (C=O) groups is 1. The molecule has 1 amide bonds. The van der Waals surface area contributed by atoms with Gasteiger partial charge in [0, 0.05) is 38.6 Å². The SMILES string of the molecule is O=C(C1CCNCC1)N1CCN(Cc2cccc(O)c2)CC1. The van der Waals surface area contributed by atoms with Crippen LogP contribution in [0.4, 0.5) is 0 Å². The van der Waals surface area contributed by atoms with Gasteiger partial charge in [0.2, 0.25) is 5.91 Å². The van der Waals surface area contributed by atoms with Gasteiger partial charge in [-0.05, 0) is 43.6 Å². The van der Waals surface area contributed by atoms with E-state index in [4.69, 9.17) is 0 Å². The summed E-state index contributed by atoms with van der Waals surface area (Å²) in [6.07, 6.45) is 1.95. The summed E-state index contributed by atoms with van der Waals surface area (Å²) < 4.78 is 0. The molecule has 5 heteroatoms. The second kappa shape index (κ2) is 7.11. The van der Waals surface area contributed by atoms with Crippen molar-refractivity contribution in [1.29, 1.82) is 0 Å². The number of amides is 1. The van der Waals surface area contributed by atoms with Crippen LogP contribution in [-0.4, -0.2) is 60.1 Å². The first-order valence-corrected chi connectivity index (χ1v) is 8.22. The van der Waals surface area contributed by atoms with E-state index in [9.17, 15) is 9.90 Å². The molecule has 0 bridgehead atoms. The van der Waals surface area contributed by atoms with Crippen molar-refractivity contribution in [3.8, 4) is 5.75 Å². The first-order chi connectivity index (χ1) is 10.7. The van der Waals surface area contributed by atoms with Gasteiger partial charge in [0.15, 0.2) is 0 Å². The third-order valence-electron chi connectivity index (χ3n) is 4.69. The van der Waals surface area contributed by atoms with E-state index in [0.29, 0.717) is 11.7 Å². The number of aromatic hydroxyl groups is 1. The number of carbonyl (C=O) groups excluding carboxylic acids is 1. The van der Waals surface area contributed by atoms with Crippen LogP contribution >= 0.6 is 0 Å². The summed E-state index contributed by atoms with van der Waals surface area (Å²) in [7, 11) is 0. The van der Waals surface area contributed by atoms with E-state index in [1.165, 1.54) is 0 Å². The third kappa shape index (κ3) is 3.78. The Morgan fingerprint density at radius 1 is 1.18 bits per heavy atom. The van der Waals surface area contributed by atoms with Crippen molar-refractivity contribution in [2.45, 2.75) is 19.4 Å². The molecule has 2 aliphatic heterocycles. The molecule has 22 heavy (non-hydrogen) atoms. The van der Waals surface area contributed by atoms with Crippen LogP contribution in [0.15, 0.2) is 24.3 Å². The van der Waals surface area contributed by atoms with Crippen molar-refractivity contribution >= 4 is 5.91 Å². The molecule has 0 atom stereocenters. The molecule has 0 aliphatic carbocycles. The predicted molar refractivity (Wildman–Crippen MR) is 85.6 cm³/mol. The highest BCUT2D eigenvalue weighted by Gasteiger charge is 2.28. The van der Waals surface area contributed by atoms with Crippen LogP contribution in [0, 0.1) is 5.92 Å². The van der Waals surface area contributed by atoms with Gasteiger partial charge in [-0.2, -0.15) is 0 Å². The molecule has 120 valence electrons. The predicted octanol–water partition coefficient (Wildman–Crippen LogP) is 1.04. The van der Waals surface area contributed by atoms with Crippen LogP contribution in [0.25, 0.3) is 0 Å². The van der Waals surface area contributed by atoms with Gasteiger partial charge in [-0.1, -0.05) is 12.1 Å². The average Bonchev–Trinajstić information content (AvgIpc) is 2.56. The van der Waals surface area contributed by atoms with E-state index >= 15 is 0 Å². The lowest BCUT2D eigenvalue weighted by molar-refractivity contribution is -0.138. The number of nitrogens with zero attached hydrogens (tertiary/aromatic N) is 2. The van der Waals surface area contributed by atoms with Gasteiger partial charge < -0.3 is 15.3 Å². The van der Waals surface area contributed by atoms with Gasteiger partial charge >= 0.3 is 0 Å². The highest BCUT2D eigenvalue weighted by Crippen LogP contribution is 2.18. The first-order valence-electron chi connectivity index (χ1n) is 8.22. The number of hydrogen-bond donors (Lipinski definition) is 2. The van der Waals surface area contributed by atoms with Gasteiger partial charge in [-0.15, -0.1) is 0 Å². The Bertz CT molecular complexity index is 506. The van der Waals surface area contributed by atoms with Crippen LogP contribution < -0.4 is 5.32 Å². The number of piperazine rings is 1. The number of rotatable bonds is 3. The molecule has 3 rings (SSSR count). The number of piperidine rings is 1. The van der Waals surface area contributed by atoms with Gasteiger partial charge in [0.1, 0.15) is 5.75 Å². The smallest absolute Gasteiger partial charge is 0.225 e. The molecular weight excluding hydrogens is 278 g/mol. The fourth-order valence-electron chi connectivity index (χ4n) is 3.37. The molecule has 1 aromatic rings. The van der Waals surface area contributed by atoms with Gasteiger partial charge in [0.25, 0.3) is 0 Å². The summed E-state index contributed by atoms with van der Waals surface area (Å²) in [6.45, 7) is 6.23. The Kier molecular flexibility index (Phi) is 4.95. The second-order valence-electron chi connectivity index (χ2n) is 6.30. The van der Waals surface area contributed by atoms with Crippen molar-refractivity contribution in [2.24, 2.45) is 5.92 Å². The molecule has 0 radical (unpaired) electrons. The number of benzene rings is 1. The minimum atomic E-state index is 0.221. The normalized spacial score (nSPS) is 21.0. The van der Waals surface area contributed by atoms with Crippen molar-refractivity contribution in [3.63, 3.8) is 0 Å². The molecule has 0 saturated carbocycles. The summed E-state index contributed by atoms with van der Waals surface area (Å²) in [5.41, 5.74) is 1.12. The minimum Gasteiger partial charge on any atom is -0.508 e. The lowest BCUT2D eigenvalue weighted by Gasteiger charge is -2.37. The monoisotopic (exact) mass is 303 g/mol. The van der Waals surface area contributed by atoms with Crippen molar-refractivity contribution in [3.05, 3.63) is 29.8 Å². The zero-order chi connectivity index (χ0) is 15.4. The van der Waals surface area contributed by atoms with Gasteiger partial charge in [0.05, 0.1) is 0 Å². The van der Waals surface area contributed by atoms with Crippen molar-refractivity contribution < 1.29 is 9.90 Å². The van der Waals surface area contributed by atoms with Crippen LogP contribution in [0.1, 0.15) is 18.4 Å². The Hall–Kier alpha value is -1.59. The first kappa shape index (κ1) is 15.3. The summed E-state index contributed by atoms with van der Waals surface area (Å²) in [4.78, 5) is 16.9. The van der Waals surface area contributed by atoms with Crippen molar-refractivity contribution in [2.75, 3.05) is 39.3 Å². The lowest BCUT2D eigenvalue weighted by Crippen LogP contribution is -2.51. The summed E-state index contributed by atoms with van der Waals surface area (Å²) in [5, 5.41) is 12.8. The van der Waals surface area contributed by atoms with Crippen LogP contribution in [0.3, 0.4) is 0 Å². The molecule has 0 aromatic heterocycles. The molecule has 1 aromatic carbocycles. The average molecular weight is 303 g/mol. The van der Waals surface area contributed by atoms with Crippen LogP contribution in [0.5, 0.6) is 5.75 Å². The number of nitrogens with one attached hydrogen (secondary N) is 1. The largest absolute Gasteiger partial charge is 0.508 e. The quantitative estimate of drug-likeness (QED) is 0.876. The Morgan fingerprint density at radius 3 is 2.59 bits per heavy atom. The molecule has 2 N–H and O–H groups in total. The Morgan fingerprint density at radius 2 is 1.91 bits per heavy atom. The zero-order valence-corrected chi connectivity index (χ0v) is 13.0. The van der Waals surface area contributed by atoms with E-state index in [1.54, 1.807) is 6.07 Å². The number of phenols is 1. The summed E-state index contributed by atoms with van der Waals surface area (Å²) in [6, 6.07) is 7.42. The fraction of sp³-hybridized carbons (Fsp3) is 0.588. The van der Waals surface area contributed by atoms with E-state index in [2.05, 4.69) is 10.2 Å². The van der Waals surface area contributed by atoms with E-state index in [1.807, 2.05) is 23.1 Å². The molecule has 0 unspecified atom stereocenters. The van der Waals surface area contributed by atoms with Crippen molar-refractivity contribution in [1.82, 2.24) is 15.1 Å². The topological polar surface area (TPSA) is 55.8 Å². The second-order valence-corrected chi connectivity index (χ2v) is 6.30. The van der Waals surface area contributed by atoms with Gasteiger partial charge in [-0.3, -0.25) is 9.69 Å². The Labute approximate surface area is 131 Å². The lowest BCUT2D eigenvalue weighted by atomic mass is 9.96. The summed E-state index contributed by atoms with van der Waals surface area (Å²) >= 11 is 0. The zero-order valence-electron chi connectivity index (χ0n) is 13.0. The van der Waals surface area contributed by atoms with Crippen LogP contribution in [-0.2, 0) is 11.3 Å². The van der Waals surface area contributed by atoms with Crippen LogP contribution in [0.2, 0.25) is 0 Å². The highest BCUT2D eigenvalue weighted by atomic mass is 16.3. The number of hydrogen-bond acceptors (Lipinski definition) is 4. The van der Waals surface area contributed by atoms with Gasteiger partial charge in [-0.25, -0.2) is 0 Å². The molecule has 2 saturated heterocycles. The molecular formula is C17H25N3O2. The molecule has 2 heterocycles. The van der Waals surface area contributed by atoms with E-state index in [-0.39, 0.29) is 5.92 Å².